The molecule has 0 radical (unpaired) electrons. The Hall–Kier alpha value is -1.41. The maximum Gasteiger partial charge on any atom is 0.282 e. The summed E-state index contributed by atoms with van der Waals surface area (Å²) in [5.41, 5.74) is 0.872. The summed E-state index contributed by atoms with van der Waals surface area (Å²) < 4.78 is 35.6. The average Bonchev–Trinajstić information content (AvgIpc) is 3.21. The zero-order valence-corrected chi connectivity index (χ0v) is 17.6. The van der Waals surface area contributed by atoms with Crippen molar-refractivity contribution in [1.29, 1.82) is 0 Å². The standard InChI is InChI=1S/C20H28N2O3S2/c1-21(18-10-4-3-5-11-18)27(23,24)22(16-19-12-8-14-26-19)15-17-9-6-7-13-20(17)25-2/h6-9,12-14,18H,3-5,10-11,15-16H2,1-2H3. The molecule has 0 unspecified atom stereocenters. The smallest absolute Gasteiger partial charge is 0.282 e. The number of para-hydroxylation sites is 1. The second-order valence-corrected chi connectivity index (χ2v) is 10.00. The maximum atomic E-state index is 13.5. The van der Waals surface area contributed by atoms with Crippen LogP contribution >= 0.6 is 11.3 Å². The number of hydrogen-bond donors (Lipinski definition) is 0. The van der Waals surface area contributed by atoms with Gasteiger partial charge in [0.25, 0.3) is 10.2 Å². The average molecular weight is 409 g/mol. The van der Waals surface area contributed by atoms with E-state index in [0.29, 0.717) is 18.8 Å². The number of nitrogens with zero attached hydrogens (tertiary/aromatic N) is 2. The van der Waals surface area contributed by atoms with Gasteiger partial charge in [-0.2, -0.15) is 17.0 Å². The van der Waals surface area contributed by atoms with Gasteiger partial charge in [-0.1, -0.05) is 43.5 Å². The van der Waals surface area contributed by atoms with E-state index in [2.05, 4.69) is 0 Å². The predicted octanol–water partition coefficient (Wildman–Crippen LogP) is 4.27. The highest BCUT2D eigenvalue weighted by atomic mass is 32.2. The lowest BCUT2D eigenvalue weighted by molar-refractivity contribution is 0.258. The monoisotopic (exact) mass is 408 g/mol. The number of hydrogen-bond acceptors (Lipinski definition) is 4. The normalized spacial score (nSPS) is 16.1. The van der Waals surface area contributed by atoms with E-state index in [1.807, 2.05) is 41.8 Å². The first-order valence-corrected chi connectivity index (χ1v) is 11.7. The molecule has 27 heavy (non-hydrogen) atoms. The summed E-state index contributed by atoms with van der Waals surface area (Å²) in [5, 5.41) is 1.98. The van der Waals surface area contributed by atoms with Crippen molar-refractivity contribution in [2.45, 2.75) is 51.2 Å². The lowest BCUT2D eigenvalue weighted by Gasteiger charge is -2.34. The summed E-state index contributed by atoms with van der Waals surface area (Å²) in [5.74, 6) is 0.712. The summed E-state index contributed by atoms with van der Waals surface area (Å²) in [7, 11) is -0.235. The van der Waals surface area contributed by atoms with Gasteiger partial charge in [-0.3, -0.25) is 0 Å². The summed E-state index contributed by atoms with van der Waals surface area (Å²) in [6.45, 7) is 0.663. The molecule has 1 aliphatic rings. The molecule has 1 aromatic carbocycles. The molecule has 1 heterocycles. The van der Waals surface area contributed by atoms with Gasteiger partial charge < -0.3 is 4.74 Å². The molecule has 0 bridgehead atoms. The Morgan fingerprint density at radius 1 is 1.07 bits per heavy atom. The lowest BCUT2D eigenvalue weighted by Crippen LogP contribution is -2.46. The fraction of sp³-hybridized carbons (Fsp3) is 0.500. The van der Waals surface area contributed by atoms with Crippen LogP contribution in [0.2, 0.25) is 0 Å². The second-order valence-electron chi connectivity index (χ2n) is 6.98. The quantitative estimate of drug-likeness (QED) is 0.655. The first-order valence-electron chi connectivity index (χ1n) is 9.39. The summed E-state index contributed by atoms with van der Waals surface area (Å²) in [6.07, 6.45) is 5.28. The van der Waals surface area contributed by atoms with Crippen LogP contribution in [-0.4, -0.2) is 37.2 Å². The van der Waals surface area contributed by atoms with Crippen molar-refractivity contribution in [1.82, 2.24) is 8.61 Å². The van der Waals surface area contributed by atoms with E-state index in [0.717, 1.165) is 36.1 Å². The Kier molecular flexibility index (Phi) is 6.92. The summed E-state index contributed by atoms with van der Waals surface area (Å²) >= 11 is 1.58. The molecule has 1 aromatic heterocycles. The van der Waals surface area contributed by atoms with Gasteiger partial charge in [0.05, 0.1) is 7.11 Å². The topological polar surface area (TPSA) is 49.9 Å². The Morgan fingerprint density at radius 3 is 2.48 bits per heavy atom. The van der Waals surface area contributed by atoms with Crippen LogP contribution in [0, 0.1) is 0 Å². The van der Waals surface area contributed by atoms with Crippen LogP contribution in [-0.2, 0) is 23.3 Å². The first kappa shape index (κ1) is 20.3. The maximum absolute atomic E-state index is 13.5. The van der Waals surface area contributed by atoms with Gasteiger partial charge in [-0.25, -0.2) is 0 Å². The van der Waals surface area contributed by atoms with E-state index < -0.39 is 10.2 Å². The fourth-order valence-corrected chi connectivity index (χ4v) is 5.99. The molecular weight excluding hydrogens is 380 g/mol. The highest BCUT2D eigenvalue weighted by Crippen LogP contribution is 2.28. The number of thiophene rings is 1. The lowest BCUT2D eigenvalue weighted by atomic mass is 9.96. The zero-order valence-electron chi connectivity index (χ0n) is 16.0. The third-order valence-electron chi connectivity index (χ3n) is 5.23. The van der Waals surface area contributed by atoms with Gasteiger partial charge in [-0.05, 0) is 30.4 Å². The number of benzene rings is 1. The Labute approximate surface area is 166 Å². The van der Waals surface area contributed by atoms with Crippen LogP contribution < -0.4 is 4.74 Å². The molecular formula is C20H28N2O3S2. The molecule has 0 spiro atoms. The van der Waals surface area contributed by atoms with E-state index >= 15 is 0 Å². The Balaban J connectivity index is 1.88. The van der Waals surface area contributed by atoms with Crippen LogP contribution in [0.4, 0.5) is 0 Å². The van der Waals surface area contributed by atoms with Crippen molar-refractivity contribution in [3.8, 4) is 5.75 Å². The molecule has 148 valence electrons. The van der Waals surface area contributed by atoms with Crippen molar-refractivity contribution in [3.63, 3.8) is 0 Å². The highest BCUT2D eigenvalue weighted by Gasteiger charge is 2.33. The van der Waals surface area contributed by atoms with Crippen LogP contribution in [0.25, 0.3) is 0 Å². The molecule has 0 amide bonds. The first-order chi connectivity index (χ1) is 13.0. The van der Waals surface area contributed by atoms with Crippen molar-refractivity contribution >= 4 is 21.5 Å². The molecule has 7 heteroatoms. The van der Waals surface area contributed by atoms with E-state index in [4.69, 9.17) is 4.74 Å². The summed E-state index contributed by atoms with van der Waals surface area (Å²) in [6, 6.07) is 11.6. The Morgan fingerprint density at radius 2 is 1.81 bits per heavy atom. The van der Waals surface area contributed by atoms with Gasteiger partial charge in [-0.15, -0.1) is 11.3 Å². The van der Waals surface area contributed by atoms with E-state index in [1.54, 1.807) is 34.1 Å². The molecule has 1 fully saturated rings. The van der Waals surface area contributed by atoms with Gasteiger partial charge in [0.15, 0.2) is 0 Å². The van der Waals surface area contributed by atoms with Gasteiger partial charge in [0, 0.05) is 36.6 Å². The van der Waals surface area contributed by atoms with Gasteiger partial charge in [0.1, 0.15) is 5.75 Å². The van der Waals surface area contributed by atoms with E-state index in [-0.39, 0.29) is 6.04 Å². The number of rotatable bonds is 8. The molecule has 1 saturated carbocycles. The molecule has 0 atom stereocenters. The van der Waals surface area contributed by atoms with E-state index in [1.165, 1.54) is 6.42 Å². The van der Waals surface area contributed by atoms with E-state index in [9.17, 15) is 8.42 Å². The van der Waals surface area contributed by atoms with Crippen LogP contribution in [0.15, 0.2) is 41.8 Å². The fourth-order valence-electron chi connectivity index (χ4n) is 3.63. The van der Waals surface area contributed by atoms with Crippen molar-refractivity contribution in [2.24, 2.45) is 0 Å². The number of methoxy groups -OCH3 is 1. The van der Waals surface area contributed by atoms with Gasteiger partial charge in [0.2, 0.25) is 0 Å². The number of ether oxygens (including phenoxy) is 1. The van der Waals surface area contributed by atoms with Crippen molar-refractivity contribution in [2.75, 3.05) is 14.2 Å². The van der Waals surface area contributed by atoms with Crippen LogP contribution in [0.3, 0.4) is 0 Å². The van der Waals surface area contributed by atoms with Crippen LogP contribution in [0.1, 0.15) is 42.5 Å². The molecule has 3 rings (SSSR count). The van der Waals surface area contributed by atoms with Gasteiger partial charge >= 0.3 is 0 Å². The molecule has 5 nitrogen and oxygen atoms in total. The molecule has 0 aliphatic heterocycles. The molecule has 0 N–H and O–H groups in total. The Bertz CT molecular complexity index is 816. The second kappa shape index (κ2) is 9.19. The molecule has 1 aliphatic carbocycles. The minimum atomic E-state index is -3.58. The predicted molar refractivity (Wildman–Crippen MR) is 110 cm³/mol. The largest absolute Gasteiger partial charge is 0.496 e. The van der Waals surface area contributed by atoms with Crippen LogP contribution in [0.5, 0.6) is 5.75 Å². The third-order valence-corrected chi connectivity index (χ3v) is 8.03. The molecule has 0 saturated heterocycles. The minimum Gasteiger partial charge on any atom is -0.496 e. The van der Waals surface area contributed by atoms with Crippen molar-refractivity contribution in [3.05, 3.63) is 52.2 Å². The zero-order chi connectivity index (χ0) is 19.3. The molecule has 2 aromatic rings. The van der Waals surface area contributed by atoms with Crippen molar-refractivity contribution < 1.29 is 13.2 Å². The third kappa shape index (κ3) is 4.90. The minimum absolute atomic E-state index is 0.0901. The highest BCUT2D eigenvalue weighted by molar-refractivity contribution is 7.86. The summed E-state index contributed by atoms with van der Waals surface area (Å²) in [4.78, 5) is 1.03. The SMILES string of the molecule is COc1ccccc1CN(Cc1cccs1)S(=O)(=O)N(C)C1CCCCC1.